The monoisotopic (exact) mass is 539 g/mol. The van der Waals surface area contributed by atoms with E-state index >= 15 is 0 Å². The lowest BCUT2D eigenvalue weighted by Crippen LogP contribution is -2.26. The molecule has 4 rings (SSSR count). The fraction of sp³-hybridized carbons (Fsp3) is 0.259. The predicted molar refractivity (Wildman–Crippen MR) is 149 cm³/mol. The summed E-state index contributed by atoms with van der Waals surface area (Å²) < 4.78 is 1.59. The van der Waals surface area contributed by atoms with E-state index in [0.29, 0.717) is 43.1 Å². The van der Waals surface area contributed by atoms with Crippen molar-refractivity contribution in [3.8, 4) is 0 Å². The highest BCUT2D eigenvalue weighted by Crippen LogP contribution is 2.31. The van der Waals surface area contributed by atoms with Crippen LogP contribution in [-0.4, -0.2) is 27.0 Å². The summed E-state index contributed by atoms with van der Waals surface area (Å²) in [6.07, 6.45) is 0. The van der Waals surface area contributed by atoms with Crippen LogP contribution in [0.2, 0.25) is 5.02 Å². The van der Waals surface area contributed by atoms with Crippen molar-refractivity contribution in [2.75, 3.05) is 11.1 Å². The number of ketones is 1. The Bertz CT molecular complexity index is 1500. The number of Topliss-reactive ketones (excluding diaryl/α,β-unsaturated/α-hetero) is 1. The van der Waals surface area contributed by atoms with Crippen molar-refractivity contribution >= 4 is 62.3 Å². The SMILES string of the molecule is Cc1c(C(=O)Nc2cccc(Cl)c2)sc2nc(SCC(=O)C(C)(C)C)n(Cc3ccccc3)c(=O)c12. The molecule has 0 bridgehead atoms. The lowest BCUT2D eigenvalue weighted by Gasteiger charge is -2.17. The van der Waals surface area contributed by atoms with Crippen LogP contribution in [0.5, 0.6) is 0 Å². The molecule has 6 nitrogen and oxygen atoms in total. The van der Waals surface area contributed by atoms with E-state index < -0.39 is 5.41 Å². The van der Waals surface area contributed by atoms with Crippen LogP contribution in [0, 0.1) is 12.3 Å². The van der Waals surface area contributed by atoms with Gasteiger partial charge in [-0.2, -0.15) is 0 Å². The number of rotatable bonds is 7. The molecule has 0 aliphatic rings. The fourth-order valence-electron chi connectivity index (χ4n) is 3.53. The maximum absolute atomic E-state index is 13.7. The summed E-state index contributed by atoms with van der Waals surface area (Å²) in [6, 6.07) is 16.5. The first-order valence-corrected chi connectivity index (χ1v) is 13.5. The molecule has 0 atom stereocenters. The van der Waals surface area contributed by atoms with Crippen molar-refractivity contribution in [2.45, 2.75) is 39.4 Å². The summed E-state index contributed by atoms with van der Waals surface area (Å²) in [4.78, 5) is 45.1. The zero-order valence-corrected chi connectivity index (χ0v) is 22.8. The number of aryl methyl sites for hydroxylation is 1. The number of benzene rings is 2. The van der Waals surface area contributed by atoms with Crippen LogP contribution in [0.4, 0.5) is 5.69 Å². The van der Waals surface area contributed by atoms with Crippen LogP contribution >= 0.6 is 34.7 Å². The van der Waals surface area contributed by atoms with Crippen LogP contribution in [0.3, 0.4) is 0 Å². The fourth-order valence-corrected chi connectivity index (χ4v) is 6.00. The van der Waals surface area contributed by atoms with E-state index in [1.807, 2.05) is 51.1 Å². The summed E-state index contributed by atoms with van der Waals surface area (Å²) in [5, 5.41) is 4.23. The van der Waals surface area contributed by atoms with Crippen molar-refractivity contribution in [2.24, 2.45) is 5.41 Å². The number of carbonyl (C=O) groups excluding carboxylic acids is 2. The van der Waals surface area contributed by atoms with Crippen LogP contribution in [-0.2, 0) is 11.3 Å². The third-order valence-electron chi connectivity index (χ3n) is 5.66. The van der Waals surface area contributed by atoms with Gasteiger partial charge in [0.2, 0.25) is 0 Å². The van der Waals surface area contributed by atoms with Crippen molar-refractivity contribution < 1.29 is 9.59 Å². The highest BCUT2D eigenvalue weighted by atomic mass is 35.5. The van der Waals surface area contributed by atoms with E-state index in [1.54, 1.807) is 35.8 Å². The molecular formula is C27H26ClN3O3S2. The maximum Gasteiger partial charge on any atom is 0.266 e. The number of hydrogen-bond acceptors (Lipinski definition) is 6. The number of hydrogen-bond donors (Lipinski definition) is 1. The lowest BCUT2D eigenvalue weighted by molar-refractivity contribution is -0.123. The molecule has 0 fully saturated rings. The number of aromatic nitrogens is 2. The van der Waals surface area contributed by atoms with Crippen LogP contribution < -0.4 is 10.9 Å². The summed E-state index contributed by atoms with van der Waals surface area (Å²) >= 11 is 8.47. The van der Waals surface area contributed by atoms with Gasteiger partial charge in [-0.15, -0.1) is 11.3 Å². The third-order valence-corrected chi connectivity index (χ3v) is 8.05. The number of nitrogens with one attached hydrogen (secondary N) is 1. The lowest BCUT2D eigenvalue weighted by atomic mass is 9.92. The van der Waals surface area contributed by atoms with Crippen LogP contribution in [0.25, 0.3) is 10.2 Å². The molecule has 1 N–H and O–H groups in total. The van der Waals surface area contributed by atoms with Gasteiger partial charge in [-0.05, 0) is 36.2 Å². The molecule has 1 amide bonds. The van der Waals surface area contributed by atoms with Gasteiger partial charge >= 0.3 is 0 Å². The molecule has 2 heterocycles. The van der Waals surface area contributed by atoms with Crippen LogP contribution in [0.1, 0.15) is 41.6 Å². The predicted octanol–water partition coefficient (Wildman–Crippen LogP) is 6.43. The van der Waals surface area contributed by atoms with E-state index in [-0.39, 0.29) is 23.0 Å². The summed E-state index contributed by atoms with van der Waals surface area (Å²) in [5.74, 6) is -0.0659. The van der Waals surface area contributed by atoms with Gasteiger partial charge in [-0.3, -0.25) is 19.0 Å². The van der Waals surface area contributed by atoms with E-state index in [9.17, 15) is 14.4 Å². The van der Waals surface area contributed by atoms with Crippen molar-refractivity contribution in [3.05, 3.63) is 86.0 Å². The zero-order chi connectivity index (χ0) is 26.0. The molecule has 186 valence electrons. The van der Waals surface area contributed by atoms with E-state index in [0.717, 1.165) is 5.56 Å². The minimum atomic E-state index is -0.493. The third kappa shape index (κ3) is 5.72. The molecule has 2 aromatic heterocycles. The number of thioether (sulfide) groups is 1. The number of thiophene rings is 1. The van der Waals surface area contributed by atoms with Gasteiger partial charge in [-0.25, -0.2) is 4.98 Å². The molecule has 0 aliphatic heterocycles. The number of anilines is 1. The van der Waals surface area contributed by atoms with Gasteiger partial charge in [0.05, 0.1) is 22.6 Å². The van der Waals surface area contributed by atoms with Crippen molar-refractivity contribution in [1.29, 1.82) is 0 Å². The molecule has 0 aliphatic carbocycles. The van der Waals surface area contributed by atoms with E-state index in [1.165, 1.54) is 23.1 Å². The first-order chi connectivity index (χ1) is 17.0. The normalized spacial score (nSPS) is 11.6. The standard InChI is InChI=1S/C27H26ClN3O3S2/c1-16-21-24(36-22(16)23(33)29-19-12-8-11-18(28)13-19)30-26(35-15-20(32)27(2,3)4)31(25(21)34)14-17-9-6-5-7-10-17/h5-13H,14-15H2,1-4H3,(H,29,33). The minimum Gasteiger partial charge on any atom is -0.321 e. The maximum atomic E-state index is 13.7. The second-order valence-corrected chi connectivity index (χ2v) is 11.8. The topological polar surface area (TPSA) is 81.1 Å². The smallest absolute Gasteiger partial charge is 0.266 e. The minimum absolute atomic E-state index is 0.0667. The van der Waals surface area contributed by atoms with E-state index in [2.05, 4.69) is 5.32 Å². The molecule has 0 saturated carbocycles. The average Bonchev–Trinajstić information content (AvgIpc) is 3.16. The largest absolute Gasteiger partial charge is 0.321 e. The summed E-state index contributed by atoms with van der Waals surface area (Å²) in [5.41, 5.74) is 1.36. The summed E-state index contributed by atoms with van der Waals surface area (Å²) in [6.45, 7) is 7.69. The van der Waals surface area contributed by atoms with Gasteiger partial charge in [-0.1, -0.05) is 80.5 Å². The van der Waals surface area contributed by atoms with Gasteiger partial charge < -0.3 is 5.32 Å². The van der Waals surface area contributed by atoms with E-state index in [4.69, 9.17) is 16.6 Å². The number of nitrogens with zero attached hydrogens (tertiary/aromatic N) is 2. The van der Waals surface area contributed by atoms with Crippen molar-refractivity contribution in [1.82, 2.24) is 9.55 Å². The van der Waals surface area contributed by atoms with Gasteiger partial charge in [0, 0.05) is 16.1 Å². The van der Waals surface area contributed by atoms with Gasteiger partial charge in [0.1, 0.15) is 10.6 Å². The Hall–Kier alpha value is -2.94. The second kappa shape index (κ2) is 10.6. The second-order valence-electron chi connectivity index (χ2n) is 9.43. The van der Waals surface area contributed by atoms with Gasteiger partial charge in [0.25, 0.3) is 11.5 Å². The first kappa shape index (κ1) is 26.1. The molecule has 0 unspecified atom stereocenters. The Labute approximate surface area is 222 Å². The Morgan fingerprint density at radius 1 is 1.11 bits per heavy atom. The zero-order valence-electron chi connectivity index (χ0n) is 20.4. The molecule has 0 spiro atoms. The molecular weight excluding hydrogens is 514 g/mol. The molecule has 4 aromatic rings. The Balaban J connectivity index is 1.77. The molecule has 9 heteroatoms. The Morgan fingerprint density at radius 3 is 2.50 bits per heavy atom. The Morgan fingerprint density at radius 2 is 1.83 bits per heavy atom. The number of amides is 1. The van der Waals surface area contributed by atoms with Crippen LogP contribution in [0.15, 0.2) is 64.5 Å². The van der Waals surface area contributed by atoms with Crippen molar-refractivity contribution in [3.63, 3.8) is 0 Å². The molecule has 2 aromatic carbocycles. The first-order valence-electron chi connectivity index (χ1n) is 11.4. The highest BCUT2D eigenvalue weighted by molar-refractivity contribution is 7.99. The highest BCUT2D eigenvalue weighted by Gasteiger charge is 2.25. The number of halogens is 1. The summed E-state index contributed by atoms with van der Waals surface area (Å²) in [7, 11) is 0. The molecule has 36 heavy (non-hydrogen) atoms. The average molecular weight is 540 g/mol. The number of carbonyl (C=O) groups is 2. The Kier molecular flexibility index (Phi) is 7.68. The quantitative estimate of drug-likeness (QED) is 0.216. The molecule has 0 saturated heterocycles. The molecule has 0 radical (unpaired) electrons. The number of fused-ring (bicyclic) bond motifs is 1. The van der Waals surface area contributed by atoms with Gasteiger partial charge in [0.15, 0.2) is 5.16 Å².